The zero-order valence-electron chi connectivity index (χ0n) is 11.1. The Balaban J connectivity index is 2.41. The molecule has 0 bridgehead atoms. The number of halogens is 2. The number of hydrogen-bond donors (Lipinski definition) is 2. The van der Waals surface area contributed by atoms with Gasteiger partial charge in [0.1, 0.15) is 5.82 Å². The van der Waals surface area contributed by atoms with E-state index in [-0.39, 0.29) is 21.2 Å². The van der Waals surface area contributed by atoms with Gasteiger partial charge >= 0.3 is 0 Å². The highest BCUT2D eigenvalue weighted by Gasteiger charge is 2.17. The van der Waals surface area contributed by atoms with E-state index in [1.54, 1.807) is 25.1 Å². The summed E-state index contributed by atoms with van der Waals surface area (Å²) in [6, 6.07) is 8.14. The summed E-state index contributed by atoms with van der Waals surface area (Å²) in [7, 11) is -3.91. The van der Waals surface area contributed by atoms with Crippen molar-refractivity contribution < 1.29 is 17.9 Å². The lowest BCUT2D eigenvalue weighted by molar-refractivity contribution is 0.275. The summed E-state index contributed by atoms with van der Waals surface area (Å²) in [5, 5.41) is 9.26. The highest BCUT2D eigenvalue weighted by atomic mass is 35.5. The molecule has 2 rings (SSSR count). The maximum atomic E-state index is 13.3. The minimum Gasteiger partial charge on any atom is -0.392 e. The van der Waals surface area contributed by atoms with Crippen molar-refractivity contribution in [2.75, 3.05) is 4.72 Å². The number of hydrogen-bond acceptors (Lipinski definition) is 3. The first kappa shape index (κ1) is 15.8. The van der Waals surface area contributed by atoms with Crippen LogP contribution in [0.3, 0.4) is 0 Å². The molecule has 0 saturated carbocycles. The second kappa shape index (κ2) is 6.01. The second-order valence-electron chi connectivity index (χ2n) is 4.50. The van der Waals surface area contributed by atoms with Crippen LogP contribution < -0.4 is 4.72 Å². The maximum absolute atomic E-state index is 13.3. The average Bonchev–Trinajstić information content (AvgIpc) is 2.43. The lowest BCUT2D eigenvalue weighted by Gasteiger charge is -2.11. The van der Waals surface area contributed by atoms with Crippen LogP contribution in [-0.2, 0) is 16.6 Å². The number of aliphatic hydroxyl groups is 1. The monoisotopic (exact) mass is 329 g/mol. The Morgan fingerprint density at radius 1 is 1.24 bits per heavy atom. The van der Waals surface area contributed by atoms with E-state index in [4.69, 9.17) is 16.7 Å². The molecule has 0 heterocycles. The molecule has 0 atom stereocenters. The van der Waals surface area contributed by atoms with Crippen molar-refractivity contribution in [1.82, 2.24) is 0 Å². The Kier molecular flexibility index (Phi) is 4.51. The van der Waals surface area contributed by atoms with Crippen LogP contribution in [0.1, 0.15) is 11.1 Å². The number of aliphatic hydroxyl groups excluding tert-OH is 1. The first-order chi connectivity index (χ1) is 9.83. The van der Waals surface area contributed by atoms with Crippen LogP contribution >= 0.6 is 11.6 Å². The highest BCUT2D eigenvalue weighted by molar-refractivity contribution is 7.92. The van der Waals surface area contributed by atoms with Gasteiger partial charge in [0.05, 0.1) is 22.2 Å². The summed E-state index contributed by atoms with van der Waals surface area (Å²) in [6.45, 7) is 1.22. The number of nitrogens with one attached hydrogen (secondary N) is 1. The molecule has 0 aromatic heterocycles. The van der Waals surface area contributed by atoms with Gasteiger partial charge in [0.25, 0.3) is 10.0 Å². The number of anilines is 1. The van der Waals surface area contributed by atoms with Crippen molar-refractivity contribution in [3.63, 3.8) is 0 Å². The van der Waals surface area contributed by atoms with Crippen LogP contribution in [0, 0.1) is 12.7 Å². The standard InChI is InChI=1S/C14H13ClFNO3S/c1-9-2-4-12(15)14(6-9)17-21(19,20)11-3-5-13(16)10(7-11)8-18/h2-7,17-18H,8H2,1H3. The van der Waals surface area contributed by atoms with Crippen molar-refractivity contribution in [3.05, 3.63) is 58.4 Å². The van der Waals surface area contributed by atoms with Gasteiger partial charge in [0.15, 0.2) is 0 Å². The molecule has 2 aromatic carbocycles. The maximum Gasteiger partial charge on any atom is 0.261 e. The lowest BCUT2D eigenvalue weighted by atomic mass is 10.2. The summed E-state index contributed by atoms with van der Waals surface area (Å²) in [5.74, 6) is -0.662. The number of benzene rings is 2. The molecule has 112 valence electrons. The Bertz CT molecular complexity index is 778. The van der Waals surface area contributed by atoms with Crippen LogP contribution in [0.15, 0.2) is 41.3 Å². The fraction of sp³-hybridized carbons (Fsp3) is 0.143. The van der Waals surface area contributed by atoms with Gasteiger partial charge in [0, 0.05) is 5.56 Å². The molecule has 2 N–H and O–H groups in total. The molecule has 0 unspecified atom stereocenters. The van der Waals surface area contributed by atoms with E-state index in [1.165, 1.54) is 0 Å². The molecule has 0 radical (unpaired) electrons. The molecule has 0 amide bonds. The highest BCUT2D eigenvalue weighted by Crippen LogP contribution is 2.26. The molecule has 21 heavy (non-hydrogen) atoms. The van der Waals surface area contributed by atoms with Gasteiger partial charge in [-0.15, -0.1) is 0 Å². The molecule has 2 aromatic rings. The van der Waals surface area contributed by atoms with Gasteiger partial charge in [-0.3, -0.25) is 4.72 Å². The minimum absolute atomic E-state index is 0.0896. The van der Waals surface area contributed by atoms with Gasteiger partial charge in [0.2, 0.25) is 0 Å². The summed E-state index contributed by atoms with van der Waals surface area (Å²) >= 11 is 5.95. The fourth-order valence-corrected chi connectivity index (χ4v) is 3.10. The van der Waals surface area contributed by atoms with E-state index < -0.39 is 22.4 Å². The molecule has 4 nitrogen and oxygen atoms in total. The minimum atomic E-state index is -3.91. The normalized spacial score (nSPS) is 11.4. The first-order valence-electron chi connectivity index (χ1n) is 6.02. The van der Waals surface area contributed by atoms with Crippen LogP contribution in [0.2, 0.25) is 5.02 Å². The Morgan fingerprint density at radius 2 is 1.95 bits per heavy atom. The molecule has 0 aliphatic rings. The molecule has 0 aliphatic carbocycles. The van der Waals surface area contributed by atoms with Crippen molar-refractivity contribution >= 4 is 27.3 Å². The van der Waals surface area contributed by atoms with E-state index in [0.717, 1.165) is 23.8 Å². The number of aryl methyl sites for hydroxylation is 1. The van der Waals surface area contributed by atoms with Crippen molar-refractivity contribution in [3.8, 4) is 0 Å². The molecular formula is C14H13ClFNO3S. The molecule has 0 spiro atoms. The summed E-state index contributed by atoms with van der Waals surface area (Å²) in [6.07, 6.45) is 0. The molecule has 0 saturated heterocycles. The van der Waals surface area contributed by atoms with E-state index in [0.29, 0.717) is 0 Å². The number of sulfonamides is 1. The van der Waals surface area contributed by atoms with Crippen molar-refractivity contribution in [2.24, 2.45) is 0 Å². The van der Waals surface area contributed by atoms with Crippen molar-refractivity contribution in [1.29, 1.82) is 0 Å². The fourth-order valence-electron chi connectivity index (χ4n) is 1.76. The van der Waals surface area contributed by atoms with Gasteiger partial charge in [-0.25, -0.2) is 12.8 Å². The Hall–Kier alpha value is -1.63. The third-order valence-electron chi connectivity index (χ3n) is 2.86. The van der Waals surface area contributed by atoms with Crippen LogP contribution in [-0.4, -0.2) is 13.5 Å². The predicted molar refractivity (Wildman–Crippen MR) is 79.3 cm³/mol. The summed E-state index contributed by atoms with van der Waals surface area (Å²) < 4.78 is 40.2. The molecule has 0 fully saturated rings. The van der Waals surface area contributed by atoms with Crippen LogP contribution in [0.5, 0.6) is 0 Å². The van der Waals surface area contributed by atoms with Gasteiger partial charge in [-0.1, -0.05) is 17.7 Å². The van der Waals surface area contributed by atoms with Gasteiger partial charge in [-0.05, 0) is 42.8 Å². The van der Waals surface area contributed by atoms with E-state index >= 15 is 0 Å². The van der Waals surface area contributed by atoms with Crippen molar-refractivity contribution in [2.45, 2.75) is 18.4 Å². The smallest absolute Gasteiger partial charge is 0.261 e. The van der Waals surface area contributed by atoms with Gasteiger partial charge < -0.3 is 5.11 Å². The summed E-state index contributed by atoms with van der Waals surface area (Å²) in [4.78, 5) is -0.148. The topological polar surface area (TPSA) is 66.4 Å². The summed E-state index contributed by atoms with van der Waals surface area (Å²) in [5.41, 5.74) is 0.993. The van der Waals surface area contributed by atoms with E-state index in [9.17, 15) is 12.8 Å². The third kappa shape index (κ3) is 3.53. The quantitative estimate of drug-likeness (QED) is 0.906. The zero-order chi connectivity index (χ0) is 15.6. The van der Waals surface area contributed by atoms with Crippen LogP contribution in [0.25, 0.3) is 0 Å². The molecule has 0 aliphatic heterocycles. The third-order valence-corrected chi connectivity index (χ3v) is 4.56. The first-order valence-corrected chi connectivity index (χ1v) is 7.88. The Morgan fingerprint density at radius 3 is 2.62 bits per heavy atom. The molecule has 7 heteroatoms. The van der Waals surface area contributed by atoms with E-state index in [1.807, 2.05) is 0 Å². The number of rotatable bonds is 4. The predicted octanol–water partition coefficient (Wildman–Crippen LogP) is 3.08. The largest absolute Gasteiger partial charge is 0.392 e. The van der Waals surface area contributed by atoms with Crippen LogP contribution in [0.4, 0.5) is 10.1 Å². The zero-order valence-corrected chi connectivity index (χ0v) is 12.7. The lowest BCUT2D eigenvalue weighted by Crippen LogP contribution is -2.14. The molecular weight excluding hydrogens is 317 g/mol. The van der Waals surface area contributed by atoms with Gasteiger partial charge in [-0.2, -0.15) is 0 Å². The SMILES string of the molecule is Cc1ccc(Cl)c(NS(=O)(=O)c2ccc(F)c(CO)c2)c1. The van der Waals surface area contributed by atoms with E-state index in [2.05, 4.69) is 4.72 Å². The Labute approximate surface area is 127 Å². The second-order valence-corrected chi connectivity index (χ2v) is 6.59. The average molecular weight is 330 g/mol.